The van der Waals surface area contributed by atoms with E-state index in [-0.39, 0.29) is 11.1 Å². The second-order valence-corrected chi connectivity index (χ2v) is 4.74. The van der Waals surface area contributed by atoms with Crippen LogP contribution in [0.25, 0.3) is 21.9 Å². The van der Waals surface area contributed by atoms with Crippen molar-refractivity contribution < 1.29 is 0 Å². The molecule has 0 radical (unpaired) electrons. The van der Waals surface area contributed by atoms with Crippen LogP contribution in [0.1, 0.15) is 0 Å². The van der Waals surface area contributed by atoms with Crippen LogP contribution in [0.3, 0.4) is 0 Å². The zero-order chi connectivity index (χ0) is 14.3. The predicted molar refractivity (Wildman–Crippen MR) is 77.7 cm³/mol. The van der Waals surface area contributed by atoms with Gasteiger partial charge in [-0.25, -0.2) is 4.68 Å². The minimum absolute atomic E-state index is 0.0509. The molecule has 0 aliphatic heterocycles. The van der Waals surface area contributed by atoms with Crippen LogP contribution in [0.4, 0.5) is 0 Å². The van der Waals surface area contributed by atoms with Crippen molar-refractivity contribution in [1.82, 2.24) is 14.3 Å². The van der Waals surface area contributed by atoms with Crippen molar-refractivity contribution in [3.63, 3.8) is 0 Å². The molecule has 5 nitrogen and oxygen atoms in total. The first kappa shape index (κ1) is 12.3. The van der Waals surface area contributed by atoms with Crippen molar-refractivity contribution in [2.75, 3.05) is 0 Å². The first-order valence-electron chi connectivity index (χ1n) is 6.19. The summed E-state index contributed by atoms with van der Waals surface area (Å²) in [5.74, 6) is 0. The third-order valence-corrected chi connectivity index (χ3v) is 3.37. The predicted octanol–water partition coefficient (Wildman–Crippen LogP) is 1.30. The number of benzene rings is 1. The minimum atomic E-state index is -0.116. The van der Waals surface area contributed by atoms with E-state index in [4.69, 9.17) is 0 Å². The van der Waals surface area contributed by atoms with E-state index < -0.39 is 0 Å². The van der Waals surface area contributed by atoms with Gasteiger partial charge >= 0.3 is 0 Å². The number of aromatic nitrogens is 3. The van der Waals surface area contributed by atoms with Gasteiger partial charge in [-0.1, -0.05) is 6.07 Å². The number of fused-ring (bicyclic) bond motifs is 1. The van der Waals surface area contributed by atoms with Gasteiger partial charge in [-0.05, 0) is 29.3 Å². The molecule has 0 aliphatic rings. The number of aryl methyl sites for hydroxylation is 2. The highest BCUT2D eigenvalue weighted by Crippen LogP contribution is 2.21. The molecule has 3 aromatic rings. The van der Waals surface area contributed by atoms with Crippen LogP contribution in [0, 0.1) is 0 Å². The summed E-state index contributed by atoms with van der Waals surface area (Å²) in [6.45, 7) is 0. The van der Waals surface area contributed by atoms with E-state index in [0.29, 0.717) is 5.39 Å². The van der Waals surface area contributed by atoms with Crippen LogP contribution in [0.2, 0.25) is 0 Å². The van der Waals surface area contributed by atoms with Gasteiger partial charge in [0.2, 0.25) is 5.56 Å². The van der Waals surface area contributed by atoms with E-state index in [0.717, 1.165) is 16.5 Å². The van der Waals surface area contributed by atoms with E-state index in [2.05, 4.69) is 5.10 Å². The Morgan fingerprint density at radius 3 is 2.50 bits per heavy atom. The highest BCUT2D eigenvalue weighted by Gasteiger charge is 2.05. The minimum Gasteiger partial charge on any atom is -0.318 e. The molecule has 2 heterocycles. The molecule has 0 bridgehead atoms. The van der Waals surface area contributed by atoms with E-state index >= 15 is 0 Å². The Bertz CT molecular complexity index is 922. The largest absolute Gasteiger partial charge is 0.318 e. The van der Waals surface area contributed by atoms with Gasteiger partial charge in [0.15, 0.2) is 0 Å². The summed E-state index contributed by atoms with van der Waals surface area (Å²) in [5, 5.41) is 5.45. The van der Waals surface area contributed by atoms with Gasteiger partial charge in [-0.2, -0.15) is 5.10 Å². The summed E-state index contributed by atoms with van der Waals surface area (Å²) in [5.41, 5.74) is 1.71. The zero-order valence-electron chi connectivity index (χ0n) is 11.2. The molecule has 0 saturated carbocycles. The fourth-order valence-electron chi connectivity index (χ4n) is 2.18. The molecule has 1 aromatic carbocycles. The lowest BCUT2D eigenvalue weighted by atomic mass is 10.0. The third kappa shape index (κ3) is 1.93. The van der Waals surface area contributed by atoms with Gasteiger partial charge < -0.3 is 4.57 Å². The zero-order valence-corrected chi connectivity index (χ0v) is 11.2. The second-order valence-electron chi connectivity index (χ2n) is 4.74. The summed E-state index contributed by atoms with van der Waals surface area (Å²) in [6, 6.07) is 8.88. The van der Waals surface area contributed by atoms with Crippen molar-refractivity contribution in [3.8, 4) is 11.1 Å². The maximum atomic E-state index is 11.9. The summed E-state index contributed by atoms with van der Waals surface area (Å²) < 4.78 is 2.84. The summed E-state index contributed by atoms with van der Waals surface area (Å²) in [4.78, 5) is 23.3. The number of hydrogen-bond acceptors (Lipinski definition) is 3. The van der Waals surface area contributed by atoms with Gasteiger partial charge in [-0.3, -0.25) is 9.59 Å². The van der Waals surface area contributed by atoms with Crippen LogP contribution >= 0.6 is 0 Å². The summed E-state index contributed by atoms with van der Waals surface area (Å²) >= 11 is 0. The Balaban J connectivity index is 2.23. The standard InChI is InChI=1S/C15H13N3O2/c1-17-9-11(4-6-14(17)19)10-3-5-13-12(7-10)8-16-18(2)15(13)20/h3-9H,1-2H3. The molecule has 0 spiro atoms. The van der Waals surface area contributed by atoms with Crippen molar-refractivity contribution in [2.45, 2.75) is 0 Å². The lowest BCUT2D eigenvalue weighted by Crippen LogP contribution is -2.18. The van der Waals surface area contributed by atoms with Crippen molar-refractivity contribution in [3.05, 3.63) is 63.4 Å². The number of hydrogen-bond donors (Lipinski definition) is 0. The lowest BCUT2D eigenvalue weighted by molar-refractivity contribution is 0.718. The molecule has 3 rings (SSSR count). The fraction of sp³-hybridized carbons (Fsp3) is 0.133. The highest BCUT2D eigenvalue weighted by molar-refractivity contribution is 5.85. The van der Waals surface area contributed by atoms with E-state index in [9.17, 15) is 9.59 Å². The molecule has 0 amide bonds. The molecule has 20 heavy (non-hydrogen) atoms. The smallest absolute Gasteiger partial charge is 0.274 e. The molecule has 0 aliphatic carbocycles. The molecule has 0 saturated heterocycles. The van der Waals surface area contributed by atoms with E-state index in [1.807, 2.05) is 12.1 Å². The maximum absolute atomic E-state index is 11.9. The Morgan fingerprint density at radius 2 is 1.75 bits per heavy atom. The molecular formula is C15H13N3O2. The molecule has 100 valence electrons. The average molecular weight is 267 g/mol. The first-order valence-corrected chi connectivity index (χ1v) is 6.19. The molecule has 2 aromatic heterocycles. The molecule has 0 fully saturated rings. The Kier molecular flexibility index (Phi) is 2.75. The van der Waals surface area contributed by atoms with Crippen LogP contribution in [0.15, 0.2) is 52.3 Å². The Hall–Kier alpha value is -2.69. The maximum Gasteiger partial charge on any atom is 0.274 e. The number of pyridine rings is 1. The molecular weight excluding hydrogens is 254 g/mol. The van der Waals surface area contributed by atoms with Gasteiger partial charge in [0.25, 0.3) is 5.56 Å². The lowest BCUT2D eigenvalue weighted by Gasteiger charge is -2.06. The Labute approximate surface area is 114 Å². The third-order valence-electron chi connectivity index (χ3n) is 3.37. The quantitative estimate of drug-likeness (QED) is 0.667. The van der Waals surface area contributed by atoms with Crippen LogP contribution in [-0.4, -0.2) is 14.3 Å². The Morgan fingerprint density at radius 1 is 1.00 bits per heavy atom. The van der Waals surface area contributed by atoms with Gasteiger partial charge in [0.05, 0.1) is 11.6 Å². The second kappa shape index (κ2) is 4.45. The summed E-state index contributed by atoms with van der Waals surface area (Å²) in [6.07, 6.45) is 3.44. The number of rotatable bonds is 1. The SMILES string of the molecule is Cn1cc(-c2ccc3c(=O)n(C)ncc3c2)ccc1=O. The fourth-order valence-corrected chi connectivity index (χ4v) is 2.18. The number of nitrogens with zero attached hydrogens (tertiary/aromatic N) is 3. The normalized spacial score (nSPS) is 10.9. The van der Waals surface area contributed by atoms with Gasteiger partial charge in [0.1, 0.15) is 0 Å². The molecule has 0 N–H and O–H groups in total. The monoisotopic (exact) mass is 267 g/mol. The van der Waals surface area contributed by atoms with Crippen LogP contribution in [-0.2, 0) is 14.1 Å². The highest BCUT2D eigenvalue weighted by atomic mass is 16.1. The van der Waals surface area contributed by atoms with Crippen LogP contribution in [0.5, 0.6) is 0 Å². The summed E-state index contributed by atoms with van der Waals surface area (Å²) in [7, 11) is 3.34. The first-order chi connectivity index (χ1) is 9.56. The molecule has 5 heteroatoms. The molecule has 0 unspecified atom stereocenters. The van der Waals surface area contributed by atoms with Crippen molar-refractivity contribution in [1.29, 1.82) is 0 Å². The van der Waals surface area contributed by atoms with Crippen LogP contribution < -0.4 is 11.1 Å². The van der Waals surface area contributed by atoms with Crippen molar-refractivity contribution in [2.24, 2.45) is 14.1 Å². The van der Waals surface area contributed by atoms with Crippen molar-refractivity contribution >= 4 is 10.8 Å². The van der Waals surface area contributed by atoms with E-state index in [1.54, 1.807) is 38.6 Å². The van der Waals surface area contributed by atoms with Gasteiger partial charge in [-0.15, -0.1) is 0 Å². The topological polar surface area (TPSA) is 56.9 Å². The van der Waals surface area contributed by atoms with Gasteiger partial charge in [0, 0.05) is 31.7 Å². The average Bonchev–Trinajstić information content (AvgIpc) is 2.45. The van der Waals surface area contributed by atoms with E-state index in [1.165, 1.54) is 15.3 Å². The molecule has 0 atom stereocenters.